The number of hydrogen-bond acceptors (Lipinski definition) is 4. The number of rotatable bonds is 4. The lowest BCUT2D eigenvalue weighted by molar-refractivity contribution is -0.142. The van der Waals surface area contributed by atoms with Crippen molar-refractivity contribution in [3.8, 4) is 11.8 Å². The molecule has 0 aliphatic carbocycles. The van der Waals surface area contributed by atoms with Gasteiger partial charge in [0.05, 0.1) is 23.9 Å². The lowest BCUT2D eigenvalue weighted by Gasteiger charge is -2.31. The van der Waals surface area contributed by atoms with Crippen LogP contribution in [-0.2, 0) is 6.18 Å². The Labute approximate surface area is 166 Å². The topological polar surface area (TPSA) is 91.0 Å². The van der Waals surface area contributed by atoms with E-state index in [0.717, 1.165) is 23.3 Å². The van der Waals surface area contributed by atoms with E-state index >= 15 is 0 Å². The Balaban J connectivity index is 2.25. The number of aromatic nitrogens is 2. The van der Waals surface area contributed by atoms with Crippen LogP contribution >= 0.6 is 10.2 Å². The standard InChI is InChI=1S/C19H19F3N4O2S/c1-4-29(5-2)15-7-6-12(10-13(15)14(25-29)8-9-23)26-17(27)11(3)16(19(20,21)22)24-18(26)28/h6-7,10H,4-5,8H2,1-3H3,(H,24,28). The largest absolute Gasteiger partial charge is 0.431 e. The van der Waals surface area contributed by atoms with Gasteiger partial charge in [0.2, 0.25) is 0 Å². The number of H-pyrrole nitrogens is 1. The molecule has 0 amide bonds. The molecule has 10 heteroatoms. The smallest absolute Gasteiger partial charge is 0.302 e. The quantitative estimate of drug-likeness (QED) is 0.812. The number of halogens is 3. The molecule has 0 saturated heterocycles. The van der Waals surface area contributed by atoms with E-state index in [2.05, 4.69) is 6.07 Å². The average Bonchev–Trinajstić information content (AvgIpc) is 2.98. The van der Waals surface area contributed by atoms with Gasteiger partial charge in [-0.2, -0.15) is 18.4 Å². The predicted octanol–water partition coefficient (Wildman–Crippen LogP) is 3.69. The molecule has 0 fully saturated rings. The number of nitriles is 1. The molecule has 0 saturated carbocycles. The Bertz CT molecular complexity index is 1170. The number of aromatic amines is 1. The van der Waals surface area contributed by atoms with Crippen molar-refractivity contribution in [3.63, 3.8) is 0 Å². The van der Waals surface area contributed by atoms with E-state index in [4.69, 9.17) is 9.66 Å². The highest BCUT2D eigenvalue weighted by atomic mass is 32.3. The van der Waals surface area contributed by atoms with Crippen molar-refractivity contribution >= 4 is 15.9 Å². The maximum atomic E-state index is 13.1. The Morgan fingerprint density at radius 1 is 1.24 bits per heavy atom. The fourth-order valence-electron chi connectivity index (χ4n) is 3.51. The van der Waals surface area contributed by atoms with E-state index in [1.54, 1.807) is 23.2 Å². The summed E-state index contributed by atoms with van der Waals surface area (Å²) in [6.45, 7) is 5.06. The summed E-state index contributed by atoms with van der Waals surface area (Å²) in [5.41, 5.74) is -2.76. The third kappa shape index (κ3) is 3.29. The first kappa shape index (κ1) is 20.9. The van der Waals surface area contributed by atoms with Crippen molar-refractivity contribution in [1.29, 1.82) is 5.26 Å². The molecule has 0 spiro atoms. The summed E-state index contributed by atoms with van der Waals surface area (Å²) in [4.78, 5) is 27.6. The van der Waals surface area contributed by atoms with Crippen molar-refractivity contribution in [2.75, 3.05) is 11.5 Å². The predicted molar refractivity (Wildman–Crippen MR) is 106 cm³/mol. The summed E-state index contributed by atoms with van der Waals surface area (Å²) in [5.74, 6) is 1.56. The molecule has 154 valence electrons. The van der Waals surface area contributed by atoms with Gasteiger partial charge in [0.15, 0.2) is 0 Å². The zero-order valence-electron chi connectivity index (χ0n) is 16.1. The maximum absolute atomic E-state index is 13.1. The highest BCUT2D eigenvalue weighted by molar-refractivity contribution is 8.33. The molecular weight excluding hydrogens is 405 g/mol. The number of benzene rings is 1. The van der Waals surface area contributed by atoms with E-state index < -0.39 is 38.9 Å². The Morgan fingerprint density at radius 2 is 1.90 bits per heavy atom. The molecule has 6 nitrogen and oxygen atoms in total. The molecule has 2 aromatic rings. The fourth-order valence-corrected chi connectivity index (χ4v) is 6.39. The minimum Gasteiger partial charge on any atom is -0.302 e. The molecule has 1 N–H and O–H groups in total. The van der Waals surface area contributed by atoms with Gasteiger partial charge in [-0.25, -0.2) is 13.8 Å². The lowest BCUT2D eigenvalue weighted by atomic mass is 10.1. The van der Waals surface area contributed by atoms with E-state index in [1.807, 2.05) is 13.8 Å². The second-order valence-electron chi connectivity index (χ2n) is 6.54. The first-order valence-electron chi connectivity index (χ1n) is 8.92. The van der Waals surface area contributed by atoms with Crippen molar-refractivity contribution < 1.29 is 13.2 Å². The molecule has 0 atom stereocenters. The summed E-state index contributed by atoms with van der Waals surface area (Å²) in [5, 5.41) is 9.15. The molecule has 1 aromatic heterocycles. The van der Waals surface area contributed by atoms with Gasteiger partial charge in [-0.05, 0) is 36.6 Å². The molecule has 29 heavy (non-hydrogen) atoms. The second kappa shape index (κ2) is 7.22. The molecular formula is C19H19F3N4O2S. The molecule has 0 radical (unpaired) electrons. The fraction of sp³-hybridized carbons (Fsp3) is 0.368. The van der Waals surface area contributed by atoms with Crippen molar-refractivity contribution in [2.24, 2.45) is 4.40 Å². The van der Waals surface area contributed by atoms with Crippen LogP contribution in [0.15, 0.2) is 37.1 Å². The molecule has 1 aromatic carbocycles. The van der Waals surface area contributed by atoms with E-state index in [9.17, 15) is 22.8 Å². The number of nitrogens with zero attached hydrogens (tertiary/aromatic N) is 3. The minimum atomic E-state index is -4.84. The zero-order valence-corrected chi connectivity index (χ0v) is 16.9. The van der Waals surface area contributed by atoms with Gasteiger partial charge in [-0.1, -0.05) is 13.8 Å². The monoisotopic (exact) mass is 424 g/mol. The zero-order chi connectivity index (χ0) is 21.6. The van der Waals surface area contributed by atoms with Gasteiger partial charge >= 0.3 is 11.9 Å². The molecule has 2 heterocycles. The highest BCUT2D eigenvalue weighted by Crippen LogP contribution is 2.62. The number of fused-ring (bicyclic) bond motifs is 1. The number of alkyl halides is 3. The van der Waals surface area contributed by atoms with Crippen LogP contribution < -0.4 is 11.2 Å². The van der Waals surface area contributed by atoms with E-state index in [0.29, 0.717) is 15.8 Å². The van der Waals surface area contributed by atoms with Crippen LogP contribution in [0, 0.1) is 18.3 Å². The van der Waals surface area contributed by atoms with Crippen molar-refractivity contribution in [1.82, 2.24) is 9.55 Å². The van der Waals surface area contributed by atoms with Gasteiger partial charge in [0.1, 0.15) is 5.69 Å². The Hall–Kier alpha value is -2.80. The SMILES string of the molecule is CCS1(CC)N=C(CC#N)c2cc(-n3c(=O)[nH]c(C(F)(F)F)c(C)c3=O)ccc21. The first-order valence-corrected chi connectivity index (χ1v) is 10.8. The van der Waals surface area contributed by atoms with Gasteiger partial charge in [-0.15, -0.1) is 10.2 Å². The summed E-state index contributed by atoms with van der Waals surface area (Å²) < 4.78 is 44.7. The average molecular weight is 424 g/mol. The summed E-state index contributed by atoms with van der Waals surface area (Å²) in [6, 6.07) is 6.94. The van der Waals surface area contributed by atoms with Crippen LogP contribution in [0.25, 0.3) is 5.69 Å². The molecule has 0 unspecified atom stereocenters. The molecule has 1 aliphatic rings. The number of nitrogens with one attached hydrogen (secondary N) is 1. The normalized spacial score (nSPS) is 16.1. The molecule has 3 rings (SSSR count). The van der Waals surface area contributed by atoms with Gasteiger partial charge < -0.3 is 4.98 Å². The van der Waals surface area contributed by atoms with E-state index in [1.165, 1.54) is 0 Å². The van der Waals surface area contributed by atoms with Gasteiger partial charge in [-0.3, -0.25) is 4.79 Å². The summed E-state index contributed by atoms with van der Waals surface area (Å²) in [6.07, 6.45) is -4.76. The van der Waals surface area contributed by atoms with Crippen LogP contribution in [-0.4, -0.2) is 26.8 Å². The van der Waals surface area contributed by atoms with Crippen molar-refractivity contribution in [3.05, 3.63) is 55.9 Å². The lowest BCUT2D eigenvalue weighted by Crippen LogP contribution is -2.38. The van der Waals surface area contributed by atoms with Crippen LogP contribution in [0.2, 0.25) is 0 Å². The van der Waals surface area contributed by atoms with Crippen LogP contribution in [0.3, 0.4) is 0 Å². The van der Waals surface area contributed by atoms with Gasteiger partial charge in [0, 0.05) is 16.0 Å². The third-order valence-electron chi connectivity index (χ3n) is 5.05. The third-order valence-corrected chi connectivity index (χ3v) is 8.70. The summed E-state index contributed by atoms with van der Waals surface area (Å²) >= 11 is 0. The molecule has 1 aliphatic heterocycles. The second-order valence-corrected chi connectivity index (χ2v) is 10.0. The van der Waals surface area contributed by atoms with Crippen molar-refractivity contribution in [2.45, 2.75) is 38.3 Å². The number of hydrogen-bond donors (Lipinski definition) is 1. The van der Waals surface area contributed by atoms with Crippen LogP contribution in [0.1, 0.15) is 37.1 Å². The highest BCUT2D eigenvalue weighted by Gasteiger charge is 2.36. The minimum absolute atomic E-state index is 0.0719. The summed E-state index contributed by atoms with van der Waals surface area (Å²) in [7, 11) is -1.51. The first-order chi connectivity index (χ1) is 13.6. The molecule has 0 bridgehead atoms. The van der Waals surface area contributed by atoms with Crippen LogP contribution in [0.5, 0.6) is 0 Å². The Morgan fingerprint density at radius 3 is 2.45 bits per heavy atom. The Kier molecular flexibility index (Phi) is 5.21. The van der Waals surface area contributed by atoms with Gasteiger partial charge in [0.25, 0.3) is 5.56 Å². The maximum Gasteiger partial charge on any atom is 0.431 e. The van der Waals surface area contributed by atoms with Crippen LogP contribution in [0.4, 0.5) is 13.2 Å². The van der Waals surface area contributed by atoms with E-state index in [-0.39, 0.29) is 12.1 Å².